The van der Waals surface area contributed by atoms with Crippen molar-refractivity contribution in [2.75, 3.05) is 13.2 Å². The van der Waals surface area contributed by atoms with Gasteiger partial charge in [0.25, 0.3) is 0 Å². The molecule has 0 heterocycles. The Kier molecular flexibility index (Phi) is 64.7. The average Bonchev–Trinajstić information content (AvgIpc) is 3.45. The molecule has 0 aromatic heterocycles. The molecule has 0 saturated heterocycles. The molecule has 0 aromatic carbocycles. The first-order valence-electron chi connectivity index (χ1n) is 34.4. The molecule has 458 valence electrons. The van der Waals surface area contributed by atoms with Gasteiger partial charge in [-0.3, -0.25) is 14.4 Å². The maximum absolute atomic E-state index is 12.9. The molecule has 0 radical (unpaired) electrons. The molecule has 0 amide bonds. The molecule has 0 rings (SSSR count). The molecule has 0 aliphatic heterocycles. The Morgan fingerprint density at radius 3 is 0.785 bits per heavy atom. The summed E-state index contributed by atoms with van der Waals surface area (Å²) in [4.78, 5) is 38.4. The summed E-state index contributed by atoms with van der Waals surface area (Å²) in [5.74, 6) is -0.868. The highest BCUT2D eigenvalue weighted by Crippen LogP contribution is 2.18. The monoisotopic (exact) mass is 1100 g/mol. The Balaban J connectivity index is 4.18. The van der Waals surface area contributed by atoms with Gasteiger partial charge in [0.1, 0.15) is 13.2 Å². The van der Waals surface area contributed by atoms with E-state index in [1.54, 1.807) is 0 Å². The molecule has 0 aliphatic carbocycles. The van der Waals surface area contributed by atoms with Crippen molar-refractivity contribution in [1.29, 1.82) is 0 Å². The van der Waals surface area contributed by atoms with Crippen LogP contribution in [0.1, 0.15) is 355 Å². The number of rotatable bonds is 63. The average molecular weight is 1100 g/mol. The second-order valence-corrected chi connectivity index (χ2v) is 23.1. The van der Waals surface area contributed by atoms with Crippen LogP contribution >= 0.6 is 0 Å². The van der Waals surface area contributed by atoms with Crippen molar-refractivity contribution in [1.82, 2.24) is 0 Å². The zero-order valence-electron chi connectivity index (χ0n) is 52.6. The summed E-state index contributed by atoms with van der Waals surface area (Å²) in [6, 6.07) is 0. The van der Waals surface area contributed by atoms with Crippen molar-refractivity contribution >= 4 is 17.9 Å². The molecule has 1 atom stereocenters. The lowest BCUT2D eigenvalue weighted by atomic mass is 10.0. The van der Waals surface area contributed by atoms with Gasteiger partial charge in [-0.2, -0.15) is 0 Å². The van der Waals surface area contributed by atoms with Crippen molar-refractivity contribution < 1.29 is 28.6 Å². The van der Waals surface area contributed by atoms with Crippen molar-refractivity contribution in [2.24, 2.45) is 0 Å². The largest absolute Gasteiger partial charge is 0.462 e. The van der Waals surface area contributed by atoms with Gasteiger partial charge in [0, 0.05) is 19.3 Å². The molecule has 6 nitrogen and oxygen atoms in total. The van der Waals surface area contributed by atoms with Crippen LogP contribution in [0.15, 0.2) is 72.9 Å². The lowest BCUT2D eigenvalue weighted by Crippen LogP contribution is -2.30. The van der Waals surface area contributed by atoms with Crippen molar-refractivity contribution in [3.8, 4) is 0 Å². The van der Waals surface area contributed by atoms with Crippen LogP contribution in [-0.2, 0) is 28.6 Å². The molecule has 0 saturated carbocycles. The van der Waals surface area contributed by atoms with Crippen molar-refractivity contribution in [2.45, 2.75) is 361 Å². The van der Waals surface area contributed by atoms with Gasteiger partial charge < -0.3 is 14.2 Å². The molecule has 0 spiro atoms. The van der Waals surface area contributed by atoms with Gasteiger partial charge >= 0.3 is 17.9 Å². The Bertz CT molecular complexity index is 1450. The van der Waals surface area contributed by atoms with Crippen molar-refractivity contribution in [3.63, 3.8) is 0 Å². The number of allylic oxidation sites excluding steroid dienone is 12. The molecule has 0 fully saturated rings. The first-order valence-corrected chi connectivity index (χ1v) is 34.4. The summed E-state index contributed by atoms with van der Waals surface area (Å²) in [6.45, 7) is 6.55. The van der Waals surface area contributed by atoms with Crippen LogP contribution in [0.25, 0.3) is 0 Å². The highest BCUT2D eigenvalue weighted by molar-refractivity contribution is 5.71. The molecule has 1 unspecified atom stereocenters. The maximum Gasteiger partial charge on any atom is 0.306 e. The molecule has 0 aromatic rings. The quantitative estimate of drug-likeness (QED) is 0.0261. The lowest BCUT2D eigenvalue weighted by Gasteiger charge is -2.18. The van der Waals surface area contributed by atoms with E-state index in [9.17, 15) is 14.4 Å². The summed E-state index contributed by atoms with van der Waals surface area (Å²) in [5.41, 5.74) is 0. The normalized spacial score (nSPS) is 12.5. The third kappa shape index (κ3) is 65.5. The van der Waals surface area contributed by atoms with Gasteiger partial charge in [-0.1, -0.05) is 318 Å². The minimum absolute atomic E-state index is 0.0754. The van der Waals surface area contributed by atoms with E-state index >= 15 is 0 Å². The van der Waals surface area contributed by atoms with Crippen LogP contribution in [0.2, 0.25) is 0 Å². The summed E-state index contributed by atoms with van der Waals surface area (Å²) in [6.07, 6.45) is 87.8. The van der Waals surface area contributed by atoms with Crippen molar-refractivity contribution in [3.05, 3.63) is 72.9 Å². The highest BCUT2D eigenvalue weighted by Gasteiger charge is 2.19. The molecule has 79 heavy (non-hydrogen) atoms. The van der Waals surface area contributed by atoms with E-state index < -0.39 is 6.10 Å². The minimum atomic E-state index is -0.780. The third-order valence-corrected chi connectivity index (χ3v) is 15.2. The van der Waals surface area contributed by atoms with Gasteiger partial charge in [-0.05, 0) is 89.9 Å². The SMILES string of the molecule is CC/C=C\C/C=C\C/C=C\C/C=C\CCCCCCCCCCCCCCCCCCCCC(=O)OCC(COC(=O)CCCCCCCCCCCCCCCC)OC(=O)CCCCCCC/C=C\C/C=C\CCCCCC. The van der Waals surface area contributed by atoms with Crippen LogP contribution in [-0.4, -0.2) is 37.2 Å². The number of carbonyl (C=O) groups excluding carboxylic acids is 3. The second kappa shape index (κ2) is 67.4. The van der Waals surface area contributed by atoms with E-state index in [0.29, 0.717) is 19.3 Å². The zero-order valence-corrected chi connectivity index (χ0v) is 52.6. The van der Waals surface area contributed by atoms with Crippen LogP contribution in [0.4, 0.5) is 0 Å². The molecule has 6 heteroatoms. The predicted octanol–water partition coefficient (Wildman–Crippen LogP) is 23.7. The lowest BCUT2D eigenvalue weighted by molar-refractivity contribution is -0.167. The van der Waals surface area contributed by atoms with Crippen LogP contribution in [0.5, 0.6) is 0 Å². The van der Waals surface area contributed by atoms with E-state index in [0.717, 1.165) is 109 Å². The van der Waals surface area contributed by atoms with E-state index in [4.69, 9.17) is 14.2 Å². The summed E-state index contributed by atoms with van der Waals surface area (Å²) >= 11 is 0. The summed E-state index contributed by atoms with van der Waals surface area (Å²) in [7, 11) is 0. The molecular weight excluding hydrogens is 973 g/mol. The number of hydrogen-bond donors (Lipinski definition) is 0. The van der Waals surface area contributed by atoms with Gasteiger partial charge in [-0.15, -0.1) is 0 Å². The Morgan fingerprint density at radius 2 is 0.494 bits per heavy atom. The fraction of sp³-hybridized carbons (Fsp3) is 0.795. The highest BCUT2D eigenvalue weighted by atomic mass is 16.6. The maximum atomic E-state index is 12.9. The first kappa shape index (κ1) is 75.8. The standard InChI is InChI=1S/C73H130O6/c1-4-7-10-13-16-19-22-25-28-30-31-32-33-34-35-36-37-38-39-40-41-42-43-44-46-48-51-54-57-60-63-66-72(75)78-69-70(68-77-71(74)65-62-59-56-53-50-47-27-24-21-18-15-12-9-6-3)79-73(76)67-64-61-58-55-52-49-45-29-26-23-20-17-14-11-8-5-2/h7,10,16,19-20,23,25,28-29,31-32,45,70H,4-6,8-9,11-15,17-18,21-22,24,26-27,30,33-44,46-69H2,1-3H3/b10-7-,19-16-,23-20-,28-25-,32-31-,45-29-. The molecule has 0 N–H and O–H groups in total. The molecular formula is C73H130O6. The van der Waals surface area contributed by atoms with E-state index in [-0.39, 0.29) is 31.1 Å². The number of unbranched alkanes of at least 4 members (excludes halogenated alkanes) is 40. The first-order chi connectivity index (χ1) is 39.0. The number of esters is 3. The van der Waals surface area contributed by atoms with E-state index in [1.165, 1.54) is 205 Å². The van der Waals surface area contributed by atoms with Crippen LogP contribution < -0.4 is 0 Å². The van der Waals surface area contributed by atoms with Gasteiger partial charge in [0.15, 0.2) is 6.10 Å². The fourth-order valence-corrected chi connectivity index (χ4v) is 10.1. The number of ether oxygens (including phenoxy) is 3. The minimum Gasteiger partial charge on any atom is -0.462 e. The Labute approximate surface area is 491 Å². The smallest absolute Gasteiger partial charge is 0.306 e. The van der Waals surface area contributed by atoms with E-state index in [1.807, 2.05) is 0 Å². The summed E-state index contributed by atoms with van der Waals surface area (Å²) < 4.78 is 17.0. The Morgan fingerprint density at radius 1 is 0.266 bits per heavy atom. The third-order valence-electron chi connectivity index (χ3n) is 15.2. The van der Waals surface area contributed by atoms with Crippen LogP contribution in [0.3, 0.4) is 0 Å². The van der Waals surface area contributed by atoms with Crippen LogP contribution in [0, 0.1) is 0 Å². The topological polar surface area (TPSA) is 78.9 Å². The molecule has 0 aliphatic rings. The van der Waals surface area contributed by atoms with Gasteiger partial charge in [0.05, 0.1) is 0 Å². The molecule has 0 bridgehead atoms. The van der Waals surface area contributed by atoms with Gasteiger partial charge in [-0.25, -0.2) is 0 Å². The zero-order chi connectivity index (χ0) is 57.1. The predicted molar refractivity (Wildman–Crippen MR) is 344 cm³/mol. The van der Waals surface area contributed by atoms with E-state index in [2.05, 4.69) is 93.7 Å². The Hall–Kier alpha value is -3.15. The second-order valence-electron chi connectivity index (χ2n) is 23.1. The van der Waals surface area contributed by atoms with Gasteiger partial charge in [0.2, 0.25) is 0 Å². The fourth-order valence-electron chi connectivity index (χ4n) is 10.1. The number of carbonyl (C=O) groups is 3. The summed E-state index contributed by atoms with van der Waals surface area (Å²) in [5, 5.41) is 0. The number of hydrogen-bond acceptors (Lipinski definition) is 6.